The molecule has 0 bridgehead atoms. The van der Waals surface area contributed by atoms with Crippen LogP contribution in [0.25, 0.3) is 0 Å². The van der Waals surface area contributed by atoms with Crippen molar-refractivity contribution in [3.63, 3.8) is 0 Å². The van der Waals surface area contributed by atoms with E-state index in [9.17, 15) is 22.8 Å². The highest BCUT2D eigenvalue weighted by atomic mass is 19.4. The average Bonchev–Trinajstić information content (AvgIpc) is 3.03. The predicted molar refractivity (Wildman–Crippen MR) is 96.2 cm³/mol. The Hall–Kier alpha value is -3.24. The first kappa shape index (κ1) is 20.5. The Morgan fingerprint density at radius 3 is 2.52 bits per heavy atom. The number of halogens is 3. The number of benzene rings is 1. The molecule has 11 heteroatoms. The molecule has 3 rings (SSSR count). The molecule has 1 saturated heterocycles. The minimum atomic E-state index is -4.41. The van der Waals surface area contributed by atoms with Crippen LogP contribution in [0.5, 0.6) is 0 Å². The second-order valence-electron chi connectivity index (χ2n) is 6.50. The van der Waals surface area contributed by atoms with E-state index >= 15 is 0 Å². The molecule has 0 radical (unpaired) electrons. The van der Waals surface area contributed by atoms with Crippen LogP contribution < -0.4 is 10.6 Å². The summed E-state index contributed by atoms with van der Waals surface area (Å²) in [6.07, 6.45) is -4.41. The van der Waals surface area contributed by atoms with Gasteiger partial charge in [-0.2, -0.15) is 13.2 Å². The number of anilines is 2. The first-order chi connectivity index (χ1) is 13.7. The Labute approximate surface area is 164 Å². The van der Waals surface area contributed by atoms with Gasteiger partial charge < -0.3 is 24.8 Å². The Morgan fingerprint density at radius 2 is 1.93 bits per heavy atom. The predicted octanol–water partition coefficient (Wildman–Crippen LogP) is 2.09. The summed E-state index contributed by atoms with van der Waals surface area (Å²) in [5.41, 5.74) is 5.46. The van der Waals surface area contributed by atoms with Gasteiger partial charge in [-0.1, -0.05) is 11.2 Å². The lowest BCUT2D eigenvalue weighted by Gasteiger charge is -2.36. The molecule has 2 aromatic rings. The quantitative estimate of drug-likeness (QED) is 0.768. The number of ether oxygens (including phenoxy) is 1. The number of nitrogens with two attached hydrogens (primary N) is 1. The molecule has 0 aliphatic carbocycles. The molecule has 0 unspecified atom stereocenters. The van der Waals surface area contributed by atoms with Gasteiger partial charge in [0, 0.05) is 31.9 Å². The number of nitrogen functional groups attached to an aromatic ring is 1. The van der Waals surface area contributed by atoms with E-state index in [1.807, 2.05) is 0 Å². The van der Waals surface area contributed by atoms with Crippen LogP contribution in [0.3, 0.4) is 0 Å². The molecular formula is C18H19F3N4O4. The number of hydrogen-bond acceptors (Lipinski definition) is 7. The molecule has 1 aromatic heterocycles. The van der Waals surface area contributed by atoms with E-state index in [0.29, 0.717) is 31.9 Å². The number of esters is 1. The van der Waals surface area contributed by atoms with Crippen molar-refractivity contribution in [3.05, 3.63) is 41.1 Å². The summed E-state index contributed by atoms with van der Waals surface area (Å²) in [6.45, 7) is 2.34. The van der Waals surface area contributed by atoms with Gasteiger partial charge in [0.1, 0.15) is 5.56 Å². The molecule has 1 aliphatic heterocycles. The molecule has 1 amide bonds. The normalized spacial score (nSPS) is 14.8. The van der Waals surface area contributed by atoms with Gasteiger partial charge in [-0.05, 0) is 25.1 Å². The van der Waals surface area contributed by atoms with Crippen molar-refractivity contribution in [1.82, 2.24) is 10.1 Å². The molecule has 1 fully saturated rings. The zero-order valence-electron chi connectivity index (χ0n) is 15.5. The monoisotopic (exact) mass is 412 g/mol. The Kier molecular flexibility index (Phi) is 5.66. The number of aryl methyl sites for hydroxylation is 1. The smallest absolute Gasteiger partial charge is 0.416 e. The van der Waals surface area contributed by atoms with Crippen LogP contribution in [0.4, 0.5) is 24.7 Å². The van der Waals surface area contributed by atoms with Gasteiger partial charge in [0.15, 0.2) is 6.61 Å². The van der Waals surface area contributed by atoms with E-state index in [1.165, 1.54) is 17.9 Å². The van der Waals surface area contributed by atoms with Crippen LogP contribution in [-0.2, 0) is 15.7 Å². The van der Waals surface area contributed by atoms with Gasteiger partial charge in [0.05, 0.1) is 11.3 Å². The van der Waals surface area contributed by atoms with Crippen molar-refractivity contribution in [2.75, 3.05) is 43.4 Å². The third-order valence-electron chi connectivity index (χ3n) is 4.59. The van der Waals surface area contributed by atoms with Crippen molar-refractivity contribution < 1.29 is 32.0 Å². The molecule has 0 saturated carbocycles. The number of hydrogen-bond donors (Lipinski definition) is 1. The van der Waals surface area contributed by atoms with E-state index in [4.69, 9.17) is 10.5 Å². The summed E-state index contributed by atoms with van der Waals surface area (Å²) < 4.78 is 48.3. The Balaban J connectivity index is 1.53. The van der Waals surface area contributed by atoms with Gasteiger partial charge >= 0.3 is 12.1 Å². The Morgan fingerprint density at radius 1 is 1.24 bits per heavy atom. The summed E-state index contributed by atoms with van der Waals surface area (Å²) >= 11 is 0. The van der Waals surface area contributed by atoms with Gasteiger partial charge in [-0.25, -0.2) is 4.79 Å². The minimum absolute atomic E-state index is 0.0211. The van der Waals surface area contributed by atoms with E-state index in [1.54, 1.807) is 11.0 Å². The first-order valence-electron chi connectivity index (χ1n) is 8.75. The van der Waals surface area contributed by atoms with Crippen molar-refractivity contribution in [2.24, 2.45) is 0 Å². The van der Waals surface area contributed by atoms with Crippen LogP contribution in [0.15, 0.2) is 28.8 Å². The molecule has 1 aliphatic rings. The fourth-order valence-electron chi connectivity index (χ4n) is 3.02. The van der Waals surface area contributed by atoms with Crippen molar-refractivity contribution in [3.8, 4) is 0 Å². The summed E-state index contributed by atoms with van der Waals surface area (Å²) in [7, 11) is 0. The van der Waals surface area contributed by atoms with E-state index in [2.05, 4.69) is 9.68 Å². The minimum Gasteiger partial charge on any atom is -0.452 e. The van der Waals surface area contributed by atoms with Crippen LogP contribution in [0.2, 0.25) is 0 Å². The average molecular weight is 412 g/mol. The van der Waals surface area contributed by atoms with Gasteiger partial charge in [-0.3, -0.25) is 4.79 Å². The highest BCUT2D eigenvalue weighted by Gasteiger charge is 2.31. The van der Waals surface area contributed by atoms with Gasteiger partial charge in [0.2, 0.25) is 5.88 Å². The fraction of sp³-hybridized carbons (Fsp3) is 0.389. The van der Waals surface area contributed by atoms with E-state index in [0.717, 1.165) is 12.1 Å². The third kappa shape index (κ3) is 4.61. The number of alkyl halides is 3. The second kappa shape index (κ2) is 8.02. The van der Waals surface area contributed by atoms with Crippen LogP contribution in [-0.4, -0.2) is 54.7 Å². The number of carbonyl (C=O) groups excluding carboxylic acids is 2. The van der Waals surface area contributed by atoms with Gasteiger partial charge in [0.25, 0.3) is 5.91 Å². The molecule has 8 nitrogen and oxygen atoms in total. The zero-order chi connectivity index (χ0) is 21.2. The molecule has 2 heterocycles. The number of carbonyl (C=O) groups is 2. The number of nitrogens with zero attached hydrogens (tertiary/aromatic N) is 3. The first-order valence-corrected chi connectivity index (χ1v) is 8.75. The molecule has 0 atom stereocenters. The highest BCUT2D eigenvalue weighted by molar-refractivity contribution is 5.96. The standard InChI is InChI=1S/C18H19F3N4O4/c1-11-15(16(22)29-23-11)17(27)28-10-14(26)25-7-5-24(6-8-25)13-4-2-3-12(9-13)18(19,20)21/h2-4,9H,5-8,10,22H2,1H3. The lowest BCUT2D eigenvalue weighted by molar-refractivity contribution is -0.137. The largest absolute Gasteiger partial charge is 0.452 e. The van der Waals surface area contributed by atoms with E-state index < -0.39 is 30.2 Å². The topological polar surface area (TPSA) is 102 Å². The number of amides is 1. The van der Waals surface area contributed by atoms with E-state index in [-0.39, 0.29) is 17.1 Å². The molecule has 29 heavy (non-hydrogen) atoms. The summed E-state index contributed by atoms with van der Waals surface area (Å²) in [5, 5.41) is 3.54. The lowest BCUT2D eigenvalue weighted by Crippen LogP contribution is -2.50. The number of piperazine rings is 1. The SMILES string of the molecule is Cc1noc(N)c1C(=O)OCC(=O)N1CCN(c2cccc(C(F)(F)F)c2)CC1. The molecule has 156 valence electrons. The van der Waals surface area contributed by atoms with Crippen LogP contribution in [0, 0.1) is 6.92 Å². The van der Waals surface area contributed by atoms with Gasteiger partial charge in [-0.15, -0.1) is 0 Å². The molecule has 1 aromatic carbocycles. The highest BCUT2D eigenvalue weighted by Crippen LogP contribution is 2.31. The second-order valence-corrected chi connectivity index (χ2v) is 6.50. The Bertz CT molecular complexity index is 885. The van der Waals surface area contributed by atoms with Crippen molar-refractivity contribution in [1.29, 1.82) is 0 Å². The van der Waals surface area contributed by atoms with Crippen molar-refractivity contribution in [2.45, 2.75) is 13.1 Å². The summed E-state index contributed by atoms with van der Waals surface area (Å²) in [6, 6.07) is 5.06. The number of aromatic nitrogens is 1. The lowest BCUT2D eigenvalue weighted by atomic mass is 10.1. The maximum absolute atomic E-state index is 12.9. The number of rotatable bonds is 4. The third-order valence-corrected chi connectivity index (χ3v) is 4.59. The summed E-state index contributed by atoms with van der Waals surface area (Å²) in [5.74, 6) is -1.40. The summed E-state index contributed by atoms with van der Waals surface area (Å²) in [4.78, 5) is 27.6. The van der Waals surface area contributed by atoms with Crippen molar-refractivity contribution >= 4 is 23.4 Å². The molecule has 2 N–H and O–H groups in total. The fourth-order valence-corrected chi connectivity index (χ4v) is 3.02. The zero-order valence-corrected chi connectivity index (χ0v) is 15.5. The maximum atomic E-state index is 12.9. The molecule has 0 spiro atoms. The molecular weight excluding hydrogens is 393 g/mol. The maximum Gasteiger partial charge on any atom is 0.416 e. The van der Waals surface area contributed by atoms with Crippen LogP contribution in [0.1, 0.15) is 21.6 Å². The van der Waals surface area contributed by atoms with Crippen LogP contribution >= 0.6 is 0 Å².